The molecule has 190 valence electrons. The van der Waals surface area contributed by atoms with Gasteiger partial charge in [0.2, 0.25) is 6.23 Å². The lowest BCUT2D eigenvalue weighted by Crippen LogP contribution is -2.42. The van der Waals surface area contributed by atoms with Gasteiger partial charge in [0.1, 0.15) is 18.5 Å². The molecule has 0 aromatic carbocycles. The number of aryl methyl sites for hydroxylation is 1. The second-order valence-corrected chi connectivity index (χ2v) is 8.31. The Kier molecular flexibility index (Phi) is 8.46. The van der Waals surface area contributed by atoms with E-state index >= 15 is 0 Å². The lowest BCUT2D eigenvalue weighted by atomic mass is 10.1. The van der Waals surface area contributed by atoms with Crippen molar-refractivity contribution >= 4 is 17.9 Å². The molecule has 13 heteroatoms. The summed E-state index contributed by atoms with van der Waals surface area (Å²) in [4.78, 5) is 43.5. The van der Waals surface area contributed by atoms with Gasteiger partial charge in [-0.3, -0.25) is 19.7 Å². The number of pyridine rings is 1. The summed E-state index contributed by atoms with van der Waals surface area (Å²) in [5, 5.41) is 12.3. The van der Waals surface area contributed by atoms with Crippen LogP contribution in [0.15, 0.2) is 41.6 Å². The Labute approximate surface area is 199 Å². The molecule has 35 heavy (non-hydrogen) atoms. The van der Waals surface area contributed by atoms with Crippen LogP contribution in [0.4, 0.5) is 19.4 Å². The normalized spacial score (nSPS) is 21.0. The third kappa shape index (κ3) is 6.79. The third-order valence-electron chi connectivity index (χ3n) is 4.99. The summed E-state index contributed by atoms with van der Waals surface area (Å²) in [7, 11) is 0. The average Bonchev–Trinajstić information content (AvgIpc) is 3.04. The van der Waals surface area contributed by atoms with Crippen molar-refractivity contribution in [2.45, 2.75) is 51.0 Å². The number of hydrogen-bond acceptors (Lipinski definition) is 9. The number of esters is 1. The highest BCUT2D eigenvalue weighted by molar-refractivity contribution is 5.83. The molecule has 0 radical (unpaired) electrons. The summed E-state index contributed by atoms with van der Waals surface area (Å²) in [6, 6.07) is 4.59. The number of nitrogens with one attached hydrogen (secondary N) is 1. The topological polar surface area (TPSA) is 142 Å². The molecule has 1 amide bonds. The van der Waals surface area contributed by atoms with Crippen LogP contribution in [0.25, 0.3) is 0 Å². The maximum Gasteiger partial charge on any atom is 0.412 e. The zero-order valence-electron chi connectivity index (χ0n) is 19.1. The molecule has 0 aliphatic carbocycles. The molecule has 2 aromatic heterocycles. The van der Waals surface area contributed by atoms with E-state index < -0.39 is 48.7 Å². The number of anilines is 1. The second kappa shape index (κ2) is 11.3. The van der Waals surface area contributed by atoms with Gasteiger partial charge in [-0.1, -0.05) is 19.9 Å². The number of carbonyl (C=O) groups is 2. The quantitative estimate of drug-likeness (QED) is 0.498. The van der Waals surface area contributed by atoms with E-state index in [0.717, 1.165) is 17.8 Å². The maximum atomic E-state index is 14.7. The molecule has 1 fully saturated rings. The molecule has 0 spiro atoms. The van der Waals surface area contributed by atoms with Gasteiger partial charge in [-0.15, -0.1) is 0 Å². The highest BCUT2D eigenvalue weighted by atomic mass is 19.3. The number of halogens is 2. The maximum absolute atomic E-state index is 14.7. The molecule has 3 heterocycles. The van der Waals surface area contributed by atoms with Crippen molar-refractivity contribution in [1.82, 2.24) is 14.5 Å². The molecule has 3 rings (SSSR count). The first-order valence-electron chi connectivity index (χ1n) is 10.9. The lowest BCUT2D eigenvalue weighted by Gasteiger charge is -2.21. The van der Waals surface area contributed by atoms with E-state index in [1.807, 2.05) is 13.8 Å². The van der Waals surface area contributed by atoms with Crippen molar-refractivity contribution in [3.05, 3.63) is 52.8 Å². The van der Waals surface area contributed by atoms with Crippen molar-refractivity contribution in [2.24, 2.45) is 5.92 Å². The summed E-state index contributed by atoms with van der Waals surface area (Å²) < 4.78 is 45.0. The SMILES string of the molecule is CC(C)COC(=O)Nc1ccn([C@@H]2O[C@H](COC(=O)CCc3cccnc3)[C@@H](O)C2(F)F)c(=O)n1. The Bertz CT molecular complexity index is 1080. The molecule has 1 aliphatic rings. The van der Waals surface area contributed by atoms with Crippen LogP contribution in [0.3, 0.4) is 0 Å². The number of nitrogens with zero attached hydrogens (tertiary/aromatic N) is 3. The molecule has 1 saturated heterocycles. The van der Waals surface area contributed by atoms with Gasteiger partial charge in [-0.05, 0) is 30.0 Å². The van der Waals surface area contributed by atoms with Crippen LogP contribution < -0.4 is 11.0 Å². The van der Waals surface area contributed by atoms with Crippen molar-refractivity contribution in [2.75, 3.05) is 18.5 Å². The van der Waals surface area contributed by atoms with E-state index in [1.54, 1.807) is 24.5 Å². The van der Waals surface area contributed by atoms with E-state index in [1.165, 1.54) is 0 Å². The van der Waals surface area contributed by atoms with Gasteiger partial charge < -0.3 is 19.3 Å². The number of alkyl halides is 2. The minimum Gasteiger partial charge on any atom is -0.463 e. The van der Waals surface area contributed by atoms with E-state index in [2.05, 4.69) is 15.3 Å². The Morgan fingerprint density at radius 2 is 2.09 bits per heavy atom. The number of aliphatic hydroxyl groups excluding tert-OH is 1. The fourth-order valence-corrected chi connectivity index (χ4v) is 3.19. The van der Waals surface area contributed by atoms with Crippen LogP contribution in [0.2, 0.25) is 0 Å². The number of aromatic nitrogens is 3. The van der Waals surface area contributed by atoms with Crippen molar-refractivity contribution in [1.29, 1.82) is 0 Å². The van der Waals surface area contributed by atoms with E-state index in [0.29, 0.717) is 11.0 Å². The predicted molar refractivity (Wildman–Crippen MR) is 117 cm³/mol. The summed E-state index contributed by atoms with van der Waals surface area (Å²) in [6.07, 6.45) is -2.53. The van der Waals surface area contributed by atoms with Crippen LogP contribution in [-0.2, 0) is 25.4 Å². The molecular weight excluding hydrogens is 470 g/mol. The monoisotopic (exact) mass is 496 g/mol. The van der Waals surface area contributed by atoms with Gasteiger partial charge in [-0.2, -0.15) is 13.8 Å². The number of amides is 1. The zero-order chi connectivity index (χ0) is 25.6. The molecule has 2 aromatic rings. The van der Waals surface area contributed by atoms with Crippen molar-refractivity contribution < 1.29 is 37.7 Å². The van der Waals surface area contributed by atoms with Gasteiger partial charge in [0.25, 0.3) is 0 Å². The third-order valence-corrected chi connectivity index (χ3v) is 4.99. The second-order valence-electron chi connectivity index (χ2n) is 8.31. The molecule has 2 N–H and O–H groups in total. The highest BCUT2D eigenvalue weighted by Crippen LogP contribution is 2.42. The van der Waals surface area contributed by atoms with Crippen LogP contribution >= 0.6 is 0 Å². The Balaban J connectivity index is 1.59. The number of carbonyl (C=O) groups excluding carboxylic acids is 2. The highest BCUT2D eigenvalue weighted by Gasteiger charge is 2.60. The molecule has 3 atom stereocenters. The first-order valence-corrected chi connectivity index (χ1v) is 10.9. The average molecular weight is 496 g/mol. The molecule has 0 saturated carbocycles. The fourth-order valence-electron chi connectivity index (χ4n) is 3.19. The van der Waals surface area contributed by atoms with Gasteiger partial charge in [-0.25, -0.2) is 9.59 Å². The van der Waals surface area contributed by atoms with Gasteiger partial charge >= 0.3 is 23.7 Å². The summed E-state index contributed by atoms with van der Waals surface area (Å²) in [5.41, 5.74) is -0.358. The largest absolute Gasteiger partial charge is 0.463 e. The number of ether oxygens (including phenoxy) is 3. The van der Waals surface area contributed by atoms with Gasteiger partial charge in [0.05, 0.1) is 6.61 Å². The Morgan fingerprint density at radius 3 is 2.74 bits per heavy atom. The number of aliphatic hydroxyl groups is 1. The lowest BCUT2D eigenvalue weighted by molar-refractivity contribution is -0.150. The van der Waals surface area contributed by atoms with Crippen LogP contribution in [-0.4, -0.2) is 63.0 Å². The first-order chi connectivity index (χ1) is 16.6. The van der Waals surface area contributed by atoms with E-state index in [4.69, 9.17) is 14.2 Å². The molecule has 11 nitrogen and oxygen atoms in total. The Morgan fingerprint density at radius 1 is 1.31 bits per heavy atom. The minimum absolute atomic E-state index is 0.0221. The van der Waals surface area contributed by atoms with Gasteiger partial charge in [0.15, 0.2) is 6.10 Å². The summed E-state index contributed by atoms with van der Waals surface area (Å²) >= 11 is 0. The molecular formula is C22H26F2N4O7. The van der Waals surface area contributed by atoms with Gasteiger partial charge in [0, 0.05) is 25.0 Å². The smallest absolute Gasteiger partial charge is 0.412 e. The van der Waals surface area contributed by atoms with Crippen molar-refractivity contribution in [3.8, 4) is 0 Å². The summed E-state index contributed by atoms with van der Waals surface area (Å²) in [6.45, 7) is 3.17. The van der Waals surface area contributed by atoms with Crippen LogP contribution in [0.5, 0.6) is 0 Å². The van der Waals surface area contributed by atoms with E-state index in [9.17, 15) is 28.3 Å². The molecule has 1 aliphatic heterocycles. The van der Waals surface area contributed by atoms with E-state index in [-0.39, 0.29) is 24.8 Å². The molecule has 0 bridgehead atoms. The minimum atomic E-state index is -3.89. The standard InChI is InChI=1S/C22H26F2N4O7/c1-13(2)11-34-21(32)27-16-7-9-28(20(31)26-16)19-22(23,24)18(30)15(35-19)12-33-17(29)6-5-14-4-3-8-25-10-14/h3-4,7-10,13,15,18-19,30H,5-6,11-12H2,1-2H3,(H,26,27,31,32)/t15-,18-,19-/m1/s1. The van der Waals surface area contributed by atoms with Crippen LogP contribution in [0.1, 0.15) is 32.1 Å². The molecule has 0 unspecified atom stereocenters. The van der Waals surface area contributed by atoms with Crippen molar-refractivity contribution in [3.63, 3.8) is 0 Å². The Hall–Kier alpha value is -3.45. The zero-order valence-corrected chi connectivity index (χ0v) is 19.1. The van der Waals surface area contributed by atoms with Crippen LogP contribution in [0, 0.1) is 5.92 Å². The number of rotatable bonds is 9. The fraction of sp³-hybridized carbons (Fsp3) is 0.500. The number of hydrogen-bond donors (Lipinski definition) is 2. The first kappa shape index (κ1) is 26.2. The summed E-state index contributed by atoms with van der Waals surface area (Å²) in [5.74, 6) is -4.68. The predicted octanol–water partition coefficient (Wildman–Crippen LogP) is 1.91.